The van der Waals surface area contributed by atoms with Gasteiger partial charge in [0, 0.05) is 36.2 Å². The molecule has 0 unspecified atom stereocenters. The van der Waals surface area contributed by atoms with Gasteiger partial charge in [-0.25, -0.2) is 9.97 Å². The molecule has 0 amide bonds. The van der Waals surface area contributed by atoms with E-state index < -0.39 is 0 Å². The molecule has 5 heteroatoms. The van der Waals surface area contributed by atoms with Gasteiger partial charge in [0.15, 0.2) is 0 Å². The van der Waals surface area contributed by atoms with Crippen molar-refractivity contribution in [3.8, 4) is 16.5 Å². The molecule has 0 spiro atoms. The summed E-state index contributed by atoms with van der Waals surface area (Å²) in [5.41, 5.74) is 2.12. The monoisotopic (exact) mass is 264 g/mol. The molecule has 0 atom stereocenters. The van der Waals surface area contributed by atoms with Crippen LogP contribution >= 0.6 is 11.3 Å². The summed E-state index contributed by atoms with van der Waals surface area (Å²) >= 11 is 1.63. The van der Waals surface area contributed by atoms with E-state index in [1.165, 1.54) is 0 Å². The molecule has 2 heterocycles. The zero-order valence-electron chi connectivity index (χ0n) is 10.3. The van der Waals surface area contributed by atoms with Crippen molar-refractivity contribution in [3.05, 3.63) is 29.4 Å². The lowest BCUT2D eigenvalue weighted by atomic mass is 10.3. The number of aromatic nitrogens is 2. The van der Waals surface area contributed by atoms with E-state index in [-0.39, 0.29) is 6.61 Å². The van der Waals surface area contributed by atoms with Crippen LogP contribution in [0, 0.1) is 0 Å². The van der Waals surface area contributed by atoms with Crippen molar-refractivity contribution in [1.29, 1.82) is 0 Å². The molecule has 0 fully saturated rings. The third-order valence-corrected chi connectivity index (χ3v) is 3.39. The minimum atomic E-state index is 0.136. The Morgan fingerprint density at radius 1 is 1.39 bits per heavy atom. The second-order valence-corrected chi connectivity index (χ2v) is 4.67. The highest BCUT2D eigenvalue weighted by atomic mass is 32.1. The molecule has 2 aromatic rings. The van der Waals surface area contributed by atoms with E-state index in [0.29, 0.717) is 18.9 Å². The fourth-order valence-corrected chi connectivity index (χ4v) is 2.33. The highest BCUT2D eigenvalue weighted by Gasteiger charge is 2.04. The lowest BCUT2D eigenvalue weighted by Gasteiger charge is -2.03. The number of aliphatic hydroxyl groups excluding tert-OH is 1. The Bertz CT molecular complexity index is 482. The summed E-state index contributed by atoms with van der Waals surface area (Å²) in [6.07, 6.45) is 3.34. The summed E-state index contributed by atoms with van der Waals surface area (Å²) in [6.45, 7) is 2.71. The highest BCUT2D eigenvalue weighted by molar-refractivity contribution is 7.13. The Hall–Kier alpha value is -1.46. The number of ether oxygens (including phenoxy) is 1. The van der Waals surface area contributed by atoms with E-state index in [2.05, 4.69) is 22.3 Å². The fraction of sp³-hybridized carbons (Fsp3) is 0.385. The fourth-order valence-electron chi connectivity index (χ4n) is 1.44. The smallest absolute Gasteiger partial charge is 0.213 e. The first kappa shape index (κ1) is 13.0. The van der Waals surface area contributed by atoms with E-state index >= 15 is 0 Å². The molecular weight excluding hydrogens is 248 g/mol. The van der Waals surface area contributed by atoms with Crippen LogP contribution in [0.3, 0.4) is 0 Å². The molecule has 0 aromatic carbocycles. The van der Waals surface area contributed by atoms with E-state index in [1.807, 2.05) is 12.1 Å². The SMILES string of the molecule is CCc1csc(-c2ccc(OCCCO)nc2)n1. The third kappa shape index (κ3) is 3.27. The third-order valence-electron chi connectivity index (χ3n) is 2.45. The zero-order valence-corrected chi connectivity index (χ0v) is 11.1. The van der Waals surface area contributed by atoms with E-state index in [4.69, 9.17) is 9.84 Å². The van der Waals surface area contributed by atoms with Crippen LogP contribution in [0.4, 0.5) is 0 Å². The second-order valence-electron chi connectivity index (χ2n) is 3.81. The molecule has 4 nitrogen and oxygen atoms in total. The summed E-state index contributed by atoms with van der Waals surface area (Å²) in [5.74, 6) is 0.583. The molecule has 1 N–H and O–H groups in total. The number of nitrogens with zero attached hydrogens (tertiary/aromatic N) is 2. The van der Waals surface area contributed by atoms with Gasteiger partial charge >= 0.3 is 0 Å². The number of aryl methyl sites for hydroxylation is 1. The van der Waals surface area contributed by atoms with Crippen LogP contribution in [-0.2, 0) is 6.42 Å². The largest absolute Gasteiger partial charge is 0.478 e. The lowest BCUT2D eigenvalue weighted by molar-refractivity contribution is 0.229. The molecule has 18 heavy (non-hydrogen) atoms. The van der Waals surface area contributed by atoms with Crippen LogP contribution in [-0.4, -0.2) is 28.3 Å². The van der Waals surface area contributed by atoms with Gasteiger partial charge in [0.05, 0.1) is 12.3 Å². The van der Waals surface area contributed by atoms with Gasteiger partial charge in [-0.1, -0.05) is 6.92 Å². The Kier molecular flexibility index (Phi) is 4.66. The van der Waals surface area contributed by atoms with Crippen LogP contribution in [0.25, 0.3) is 10.6 Å². The Morgan fingerprint density at radius 2 is 2.28 bits per heavy atom. The number of hydrogen-bond acceptors (Lipinski definition) is 5. The number of hydrogen-bond donors (Lipinski definition) is 1. The van der Waals surface area contributed by atoms with Gasteiger partial charge in [-0.15, -0.1) is 11.3 Å². The van der Waals surface area contributed by atoms with E-state index in [1.54, 1.807) is 17.5 Å². The predicted molar refractivity (Wildman–Crippen MR) is 71.9 cm³/mol. The number of pyridine rings is 1. The minimum absolute atomic E-state index is 0.136. The van der Waals surface area contributed by atoms with Gasteiger partial charge in [0.25, 0.3) is 0 Å². The van der Waals surface area contributed by atoms with E-state index in [0.717, 1.165) is 22.7 Å². The average Bonchev–Trinajstić information content (AvgIpc) is 2.89. The summed E-state index contributed by atoms with van der Waals surface area (Å²) < 4.78 is 5.38. The Labute approximate surface area is 110 Å². The quantitative estimate of drug-likeness (QED) is 0.815. The lowest BCUT2D eigenvalue weighted by Crippen LogP contribution is -2.00. The molecule has 0 aliphatic heterocycles. The molecule has 0 saturated carbocycles. The molecular formula is C13H16N2O2S. The van der Waals surface area contributed by atoms with Crippen molar-refractivity contribution in [2.24, 2.45) is 0 Å². The maximum Gasteiger partial charge on any atom is 0.213 e. The maximum absolute atomic E-state index is 8.66. The van der Waals surface area contributed by atoms with Gasteiger partial charge in [-0.2, -0.15) is 0 Å². The van der Waals surface area contributed by atoms with Gasteiger partial charge in [-0.05, 0) is 12.5 Å². The predicted octanol–water partition coefficient (Wildman–Crippen LogP) is 2.53. The average molecular weight is 264 g/mol. The number of aliphatic hydroxyl groups is 1. The molecule has 2 aromatic heterocycles. The van der Waals surface area contributed by atoms with Crippen LogP contribution in [0.5, 0.6) is 5.88 Å². The molecule has 0 radical (unpaired) electrons. The Balaban J connectivity index is 2.02. The van der Waals surface area contributed by atoms with Crippen LogP contribution < -0.4 is 4.74 Å². The Morgan fingerprint density at radius 3 is 2.89 bits per heavy atom. The van der Waals surface area contributed by atoms with Crippen molar-refractivity contribution in [2.75, 3.05) is 13.2 Å². The van der Waals surface area contributed by atoms with Gasteiger partial charge < -0.3 is 9.84 Å². The summed E-state index contributed by atoms with van der Waals surface area (Å²) in [7, 11) is 0. The zero-order chi connectivity index (χ0) is 12.8. The van der Waals surface area contributed by atoms with Crippen molar-refractivity contribution in [1.82, 2.24) is 9.97 Å². The normalized spacial score (nSPS) is 10.6. The van der Waals surface area contributed by atoms with Crippen LogP contribution in [0.2, 0.25) is 0 Å². The van der Waals surface area contributed by atoms with Crippen molar-refractivity contribution in [2.45, 2.75) is 19.8 Å². The van der Waals surface area contributed by atoms with Gasteiger partial charge in [0.1, 0.15) is 5.01 Å². The van der Waals surface area contributed by atoms with Crippen molar-refractivity contribution < 1.29 is 9.84 Å². The molecule has 96 valence electrons. The molecule has 2 rings (SSSR count). The molecule has 0 bridgehead atoms. The van der Waals surface area contributed by atoms with Crippen LogP contribution in [0.1, 0.15) is 19.0 Å². The summed E-state index contributed by atoms with van der Waals surface area (Å²) in [6, 6.07) is 3.79. The summed E-state index contributed by atoms with van der Waals surface area (Å²) in [5, 5.41) is 11.7. The van der Waals surface area contributed by atoms with E-state index in [9.17, 15) is 0 Å². The van der Waals surface area contributed by atoms with Crippen LogP contribution in [0.15, 0.2) is 23.7 Å². The number of rotatable bonds is 6. The minimum Gasteiger partial charge on any atom is -0.478 e. The molecule has 0 aliphatic rings. The number of thiazole rings is 1. The maximum atomic E-state index is 8.66. The van der Waals surface area contributed by atoms with Gasteiger partial charge in [0.2, 0.25) is 5.88 Å². The van der Waals surface area contributed by atoms with Crippen molar-refractivity contribution >= 4 is 11.3 Å². The van der Waals surface area contributed by atoms with Gasteiger partial charge in [-0.3, -0.25) is 0 Å². The topological polar surface area (TPSA) is 55.2 Å². The molecule has 0 saturated heterocycles. The second kappa shape index (κ2) is 6.47. The standard InChI is InChI=1S/C13H16N2O2S/c1-2-11-9-18-13(15-11)10-4-5-12(14-8-10)17-7-3-6-16/h4-5,8-9,16H,2-3,6-7H2,1H3. The first-order valence-electron chi connectivity index (χ1n) is 5.98. The first-order chi connectivity index (χ1) is 8.83. The highest BCUT2D eigenvalue weighted by Crippen LogP contribution is 2.24. The molecule has 0 aliphatic carbocycles. The van der Waals surface area contributed by atoms with Crippen molar-refractivity contribution in [3.63, 3.8) is 0 Å². The summed E-state index contributed by atoms with van der Waals surface area (Å²) in [4.78, 5) is 8.73. The first-order valence-corrected chi connectivity index (χ1v) is 6.86.